The van der Waals surface area contributed by atoms with Crippen molar-refractivity contribution in [1.82, 2.24) is 15.2 Å². The summed E-state index contributed by atoms with van der Waals surface area (Å²) in [5.41, 5.74) is 6.77. The van der Waals surface area contributed by atoms with Crippen LogP contribution in [0.1, 0.15) is 43.2 Å². The Morgan fingerprint density at radius 3 is 2.95 bits per heavy atom. The average molecular weight is 264 g/mol. The topological polar surface area (TPSA) is 89.2 Å². The maximum atomic E-state index is 12.2. The Bertz CT molecular complexity index is 493. The van der Waals surface area contributed by atoms with Crippen LogP contribution in [0, 0.1) is 0 Å². The van der Waals surface area contributed by atoms with E-state index in [1.54, 1.807) is 12.3 Å². The Kier molecular flexibility index (Phi) is 3.78. The molecular formula is C13H20N4O2. The van der Waals surface area contributed by atoms with Crippen LogP contribution in [-0.4, -0.2) is 29.0 Å². The number of piperidine rings is 1. The number of hydrogen-bond donors (Lipinski definition) is 3. The molecule has 1 aromatic heterocycles. The molecule has 0 aromatic carbocycles. The molecule has 1 atom stereocenters. The first-order valence-electron chi connectivity index (χ1n) is 6.55. The first-order chi connectivity index (χ1) is 8.99. The third-order valence-electron chi connectivity index (χ3n) is 3.25. The summed E-state index contributed by atoms with van der Waals surface area (Å²) in [6.07, 6.45) is 3.29. The molecule has 1 aliphatic rings. The molecule has 1 aromatic rings. The Labute approximate surface area is 112 Å². The number of amides is 2. The highest BCUT2D eigenvalue weighted by molar-refractivity contribution is 5.97. The van der Waals surface area contributed by atoms with Gasteiger partial charge in [0.2, 0.25) is 5.91 Å². The normalized spacial score (nSPS) is 19.3. The van der Waals surface area contributed by atoms with Crippen molar-refractivity contribution in [1.29, 1.82) is 0 Å². The molecule has 0 aliphatic carbocycles. The van der Waals surface area contributed by atoms with E-state index in [0.717, 1.165) is 6.42 Å². The summed E-state index contributed by atoms with van der Waals surface area (Å²) in [5.74, 6) is -0.373. The maximum absolute atomic E-state index is 12.2. The summed E-state index contributed by atoms with van der Waals surface area (Å²) in [7, 11) is 0. The van der Waals surface area contributed by atoms with Crippen LogP contribution < -0.4 is 16.4 Å². The van der Waals surface area contributed by atoms with Gasteiger partial charge in [-0.05, 0) is 32.8 Å². The Morgan fingerprint density at radius 1 is 1.58 bits per heavy atom. The molecule has 19 heavy (non-hydrogen) atoms. The molecule has 1 saturated heterocycles. The van der Waals surface area contributed by atoms with Crippen LogP contribution >= 0.6 is 0 Å². The van der Waals surface area contributed by atoms with Crippen molar-refractivity contribution < 1.29 is 9.59 Å². The Morgan fingerprint density at radius 2 is 2.32 bits per heavy atom. The number of hydrogen-bond acceptors (Lipinski definition) is 3. The zero-order chi connectivity index (χ0) is 14.0. The molecule has 2 amide bonds. The van der Waals surface area contributed by atoms with E-state index in [4.69, 9.17) is 5.73 Å². The highest BCUT2D eigenvalue weighted by Crippen LogP contribution is 2.17. The zero-order valence-corrected chi connectivity index (χ0v) is 11.3. The van der Waals surface area contributed by atoms with Gasteiger partial charge in [0.05, 0.1) is 5.69 Å². The van der Waals surface area contributed by atoms with E-state index in [1.807, 2.05) is 18.4 Å². The number of rotatable bonds is 3. The molecule has 2 rings (SSSR count). The first-order valence-corrected chi connectivity index (χ1v) is 6.55. The van der Waals surface area contributed by atoms with Gasteiger partial charge in [-0.15, -0.1) is 0 Å². The second-order valence-corrected chi connectivity index (χ2v) is 5.12. The smallest absolute Gasteiger partial charge is 0.268 e. The lowest BCUT2D eigenvalue weighted by atomic mass is 10.1. The van der Waals surface area contributed by atoms with Crippen LogP contribution in [0.25, 0.3) is 0 Å². The standard InChI is InChI=1S/C13H20N4O2/c1-8(2)17-7-9(14)6-11(17)13(19)16-10-4-3-5-15-12(10)18/h6-8,10H,3-5,14H2,1-2H3,(H,15,18)(H,16,19). The summed E-state index contributed by atoms with van der Waals surface area (Å²) < 4.78 is 1.81. The highest BCUT2D eigenvalue weighted by Gasteiger charge is 2.25. The SMILES string of the molecule is CC(C)n1cc(N)cc1C(=O)NC1CCCNC1=O. The van der Waals surface area contributed by atoms with Gasteiger partial charge in [-0.2, -0.15) is 0 Å². The fraction of sp³-hybridized carbons (Fsp3) is 0.538. The molecule has 0 radical (unpaired) electrons. The number of nitrogens with one attached hydrogen (secondary N) is 2. The van der Waals surface area contributed by atoms with Gasteiger partial charge in [0.1, 0.15) is 11.7 Å². The second-order valence-electron chi connectivity index (χ2n) is 5.12. The molecular weight excluding hydrogens is 244 g/mol. The molecule has 0 bridgehead atoms. The lowest BCUT2D eigenvalue weighted by molar-refractivity contribution is -0.124. The van der Waals surface area contributed by atoms with E-state index >= 15 is 0 Å². The van der Waals surface area contributed by atoms with E-state index in [-0.39, 0.29) is 17.9 Å². The molecule has 4 N–H and O–H groups in total. The van der Waals surface area contributed by atoms with Crippen molar-refractivity contribution in [3.05, 3.63) is 18.0 Å². The molecule has 0 saturated carbocycles. The van der Waals surface area contributed by atoms with Gasteiger partial charge >= 0.3 is 0 Å². The first kappa shape index (κ1) is 13.5. The fourth-order valence-corrected chi connectivity index (χ4v) is 2.25. The Balaban J connectivity index is 2.13. The van der Waals surface area contributed by atoms with Crippen LogP contribution in [0.2, 0.25) is 0 Å². The van der Waals surface area contributed by atoms with Crippen LogP contribution in [0.15, 0.2) is 12.3 Å². The average Bonchev–Trinajstić information content (AvgIpc) is 2.74. The predicted molar refractivity (Wildman–Crippen MR) is 72.7 cm³/mol. The minimum Gasteiger partial charge on any atom is -0.397 e. The van der Waals surface area contributed by atoms with Gasteiger partial charge in [-0.3, -0.25) is 9.59 Å². The van der Waals surface area contributed by atoms with Crippen LogP contribution in [0.5, 0.6) is 0 Å². The van der Waals surface area contributed by atoms with Crippen molar-refractivity contribution in [2.75, 3.05) is 12.3 Å². The maximum Gasteiger partial charge on any atom is 0.268 e. The number of nitrogens with zero attached hydrogens (tertiary/aromatic N) is 1. The van der Waals surface area contributed by atoms with Crippen molar-refractivity contribution in [2.45, 2.75) is 38.8 Å². The van der Waals surface area contributed by atoms with Crippen LogP contribution in [0.4, 0.5) is 5.69 Å². The second kappa shape index (κ2) is 5.34. The number of anilines is 1. The van der Waals surface area contributed by atoms with E-state index in [9.17, 15) is 9.59 Å². The molecule has 1 fully saturated rings. The van der Waals surface area contributed by atoms with E-state index in [2.05, 4.69) is 10.6 Å². The number of aromatic nitrogens is 1. The van der Waals surface area contributed by atoms with Crippen molar-refractivity contribution in [3.8, 4) is 0 Å². The van der Waals surface area contributed by atoms with Gasteiger partial charge in [0.15, 0.2) is 0 Å². The quantitative estimate of drug-likeness (QED) is 0.749. The summed E-state index contributed by atoms with van der Waals surface area (Å²) in [4.78, 5) is 23.9. The monoisotopic (exact) mass is 264 g/mol. The number of carbonyl (C=O) groups is 2. The van der Waals surface area contributed by atoms with Crippen molar-refractivity contribution in [3.63, 3.8) is 0 Å². The van der Waals surface area contributed by atoms with Crippen molar-refractivity contribution in [2.24, 2.45) is 0 Å². The highest BCUT2D eigenvalue weighted by atomic mass is 16.2. The number of nitrogen functional groups attached to an aromatic ring is 1. The van der Waals surface area contributed by atoms with Crippen LogP contribution in [-0.2, 0) is 4.79 Å². The summed E-state index contributed by atoms with van der Waals surface area (Å²) in [6.45, 7) is 4.63. The minimum absolute atomic E-state index is 0.116. The van der Waals surface area contributed by atoms with Gasteiger partial charge < -0.3 is 20.9 Å². The van der Waals surface area contributed by atoms with E-state index < -0.39 is 6.04 Å². The van der Waals surface area contributed by atoms with Crippen molar-refractivity contribution >= 4 is 17.5 Å². The Hall–Kier alpha value is -1.98. The van der Waals surface area contributed by atoms with Gasteiger partial charge in [0, 0.05) is 18.8 Å². The van der Waals surface area contributed by atoms with Crippen LogP contribution in [0.3, 0.4) is 0 Å². The summed E-state index contributed by atoms with van der Waals surface area (Å²) in [6, 6.07) is 1.33. The summed E-state index contributed by atoms with van der Waals surface area (Å²) in [5, 5.41) is 5.51. The molecule has 6 heteroatoms. The van der Waals surface area contributed by atoms with Gasteiger partial charge in [-0.1, -0.05) is 0 Å². The summed E-state index contributed by atoms with van der Waals surface area (Å²) >= 11 is 0. The van der Waals surface area contributed by atoms with E-state index in [0.29, 0.717) is 24.3 Å². The third-order valence-corrected chi connectivity index (χ3v) is 3.25. The predicted octanol–water partition coefficient (Wildman–Crippen LogP) is 0.660. The van der Waals surface area contributed by atoms with Gasteiger partial charge in [-0.25, -0.2) is 0 Å². The third kappa shape index (κ3) is 2.89. The minimum atomic E-state index is -0.446. The fourth-order valence-electron chi connectivity index (χ4n) is 2.25. The molecule has 0 spiro atoms. The lowest BCUT2D eigenvalue weighted by Crippen LogP contribution is -2.50. The molecule has 104 valence electrons. The van der Waals surface area contributed by atoms with Gasteiger partial charge in [0.25, 0.3) is 5.91 Å². The number of nitrogens with two attached hydrogens (primary N) is 1. The number of carbonyl (C=O) groups excluding carboxylic acids is 2. The largest absolute Gasteiger partial charge is 0.397 e. The molecule has 1 aliphatic heterocycles. The molecule has 2 heterocycles. The molecule has 6 nitrogen and oxygen atoms in total. The lowest BCUT2D eigenvalue weighted by Gasteiger charge is -2.23. The van der Waals surface area contributed by atoms with E-state index in [1.165, 1.54) is 0 Å². The zero-order valence-electron chi connectivity index (χ0n) is 11.3. The molecule has 1 unspecified atom stereocenters.